The second-order valence-corrected chi connectivity index (χ2v) is 5.10. The van der Waals surface area contributed by atoms with E-state index in [0.717, 1.165) is 0 Å². The number of hydrogen-bond acceptors (Lipinski definition) is 6. The number of anilines is 1. The van der Waals surface area contributed by atoms with Gasteiger partial charge in [0, 0.05) is 12.7 Å². The van der Waals surface area contributed by atoms with Gasteiger partial charge in [0.05, 0.1) is 6.61 Å². The van der Waals surface area contributed by atoms with Crippen molar-refractivity contribution < 1.29 is 17.9 Å². The van der Waals surface area contributed by atoms with Gasteiger partial charge in [-0.05, 0) is 13.8 Å². The molecule has 0 saturated heterocycles. The summed E-state index contributed by atoms with van der Waals surface area (Å²) in [6.07, 6.45) is 1.31. The van der Waals surface area contributed by atoms with Crippen LogP contribution >= 0.6 is 0 Å². The van der Waals surface area contributed by atoms with E-state index >= 15 is 0 Å². The molecule has 0 saturated carbocycles. The average Bonchev–Trinajstić information content (AvgIpc) is 2.69. The molecular weight excluding hydrogens is 260 g/mol. The number of ether oxygens (including phenoxy) is 1. The monoisotopic (exact) mass is 276 g/mol. The SMILES string of the molecule is CCOC(=O)CNS(=O)(=O)c1cn(CC)nc1N. The summed E-state index contributed by atoms with van der Waals surface area (Å²) in [5.74, 6) is -0.754. The molecule has 3 N–H and O–H groups in total. The van der Waals surface area contributed by atoms with Crippen LogP contribution in [-0.4, -0.2) is 37.3 Å². The van der Waals surface area contributed by atoms with Gasteiger partial charge < -0.3 is 10.5 Å². The van der Waals surface area contributed by atoms with Crippen LogP contribution in [0.15, 0.2) is 11.1 Å². The van der Waals surface area contributed by atoms with E-state index in [2.05, 4.69) is 14.6 Å². The second kappa shape index (κ2) is 5.83. The molecule has 0 amide bonds. The standard InChI is InChI=1S/C9H16N4O4S/c1-3-13-6-7(9(10)12-13)18(15,16)11-5-8(14)17-4-2/h6,11H,3-5H2,1-2H3,(H2,10,12). The normalized spacial score (nSPS) is 11.4. The minimum atomic E-state index is -3.85. The number of nitrogens with one attached hydrogen (secondary N) is 1. The predicted octanol–water partition coefficient (Wildman–Crippen LogP) is -0.673. The summed E-state index contributed by atoms with van der Waals surface area (Å²) < 4.78 is 31.8. The van der Waals surface area contributed by atoms with Crippen LogP contribution in [0.1, 0.15) is 13.8 Å². The smallest absolute Gasteiger partial charge is 0.321 e. The maximum Gasteiger partial charge on any atom is 0.321 e. The number of nitrogen functional groups attached to an aromatic ring is 1. The molecule has 0 spiro atoms. The van der Waals surface area contributed by atoms with Crippen molar-refractivity contribution in [2.45, 2.75) is 25.3 Å². The Morgan fingerprint density at radius 2 is 2.22 bits per heavy atom. The Hall–Kier alpha value is -1.61. The molecule has 0 aliphatic rings. The van der Waals surface area contributed by atoms with Crippen molar-refractivity contribution in [2.24, 2.45) is 0 Å². The highest BCUT2D eigenvalue weighted by molar-refractivity contribution is 7.89. The van der Waals surface area contributed by atoms with Crippen LogP contribution in [0.2, 0.25) is 0 Å². The topological polar surface area (TPSA) is 116 Å². The van der Waals surface area contributed by atoms with E-state index in [0.29, 0.717) is 6.54 Å². The fourth-order valence-electron chi connectivity index (χ4n) is 1.23. The zero-order valence-electron chi connectivity index (χ0n) is 10.2. The van der Waals surface area contributed by atoms with Gasteiger partial charge in [-0.1, -0.05) is 0 Å². The van der Waals surface area contributed by atoms with Crippen LogP contribution in [-0.2, 0) is 26.1 Å². The summed E-state index contributed by atoms with van der Waals surface area (Å²) in [6, 6.07) is 0. The minimum Gasteiger partial charge on any atom is -0.465 e. The first kappa shape index (κ1) is 14.5. The first-order valence-corrected chi connectivity index (χ1v) is 6.87. The molecule has 0 radical (unpaired) electrons. The summed E-state index contributed by atoms with van der Waals surface area (Å²) in [6.45, 7) is 3.69. The summed E-state index contributed by atoms with van der Waals surface area (Å²) in [4.78, 5) is 10.9. The molecule has 0 bridgehead atoms. The van der Waals surface area contributed by atoms with Crippen LogP contribution in [0, 0.1) is 0 Å². The lowest BCUT2D eigenvalue weighted by Crippen LogP contribution is -2.31. The van der Waals surface area contributed by atoms with E-state index < -0.39 is 22.5 Å². The number of nitrogens with two attached hydrogens (primary N) is 1. The fraction of sp³-hybridized carbons (Fsp3) is 0.556. The Kier molecular flexibility index (Phi) is 4.68. The highest BCUT2D eigenvalue weighted by Crippen LogP contribution is 2.15. The molecule has 1 aromatic heterocycles. The van der Waals surface area contributed by atoms with Gasteiger partial charge in [-0.15, -0.1) is 0 Å². The fourth-order valence-corrected chi connectivity index (χ4v) is 2.27. The average molecular weight is 276 g/mol. The largest absolute Gasteiger partial charge is 0.465 e. The maximum absolute atomic E-state index is 11.8. The number of hydrogen-bond donors (Lipinski definition) is 2. The number of esters is 1. The van der Waals surface area contributed by atoms with Crippen LogP contribution in [0.3, 0.4) is 0 Å². The molecule has 1 aromatic rings. The molecule has 0 fully saturated rings. The first-order chi connectivity index (χ1) is 8.40. The number of carbonyl (C=O) groups is 1. The van der Waals surface area contributed by atoms with Crippen LogP contribution in [0.25, 0.3) is 0 Å². The minimum absolute atomic E-state index is 0.104. The van der Waals surface area contributed by atoms with Gasteiger partial charge in [-0.2, -0.15) is 9.82 Å². The number of rotatable bonds is 6. The summed E-state index contributed by atoms with van der Waals surface area (Å²) in [5, 5.41) is 3.82. The number of aryl methyl sites for hydroxylation is 1. The van der Waals surface area contributed by atoms with Gasteiger partial charge in [0.2, 0.25) is 10.0 Å². The molecular formula is C9H16N4O4S. The second-order valence-electron chi connectivity index (χ2n) is 3.36. The summed E-state index contributed by atoms with van der Waals surface area (Å²) >= 11 is 0. The molecule has 102 valence electrons. The van der Waals surface area contributed by atoms with Crippen molar-refractivity contribution in [2.75, 3.05) is 18.9 Å². The Bertz CT molecular complexity index is 523. The third kappa shape index (κ3) is 3.44. The molecule has 8 nitrogen and oxygen atoms in total. The Balaban J connectivity index is 2.80. The molecule has 9 heteroatoms. The molecule has 1 heterocycles. The summed E-state index contributed by atoms with van der Waals surface area (Å²) in [7, 11) is -3.85. The molecule has 0 atom stereocenters. The van der Waals surface area contributed by atoms with Gasteiger partial charge in [0.15, 0.2) is 5.82 Å². The molecule has 0 aliphatic carbocycles. The number of aromatic nitrogens is 2. The van der Waals surface area contributed by atoms with Crippen molar-refractivity contribution >= 4 is 21.8 Å². The highest BCUT2D eigenvalue weighted by Gasteiger charge is 2.21. The van der Waals surface area contributed by atoms with E-state index in [4.69, 9.17) is 5.73 Å². The van der Waals surface area contributed by atoms with Crippen LogP contribution in [0.5, 0.6) is 0 Å². The van der Waals surface area contributed by atoms with E-state index in [9.17, 15) is 13.2 Å². The lowest BCUT2D eigenvalue weighted by Gasteiger charge is -2.04. The van der Waals surface area contributed by atoms with Crippen molar-refractivity contribution in [3.63, 3.8) is 0 Å². The van der Waals surface area contributed by atoms with Crippen molar-refractivity contribution in [1.82, 2.24) is 14.5 Å². The lowest BCUT2D eigenvalue weighted by molar-refractivity contribution is -0.141. The lowest BCUT2D eigenvalue weighted by atomic mass is 10.6. The van der Waals surface area contributed by atoms with Crippen molar-refractivity contribution in [3.8, 4) is 0 Å². The van der Waals surface area contributed by atoms with Crippen molar-refractivity contribution in [3.05, 3.63) is 6.20 Å². The Morgan fingerprint density at radius 1 is 1.56 bits per heavy atom. The first-order valence-electron chi connectivity index (χ1n) is 5.39. The van der Waals surface area contributed by atoms with Crippen LogP contribution < -0.4 is 10.5 Å². The van der Waals surface area contributed by atoms with Gasteiger partial charge in [-0.3, -0.25) is 9.48 Å². The quantitative estimate of drug-likeness (QED) is 0.665. The highest BCUT2D eigenvalue weighted by atomic mass is 32.2. The Labute approximate surface area is 105 Å². The number of nitrogens with zero attached hydrogens (tertiary/aromatic N) is 2. The number of carbonyl (C=O) groups excluding carboxylic acids is 1. The van der Waals surface area contributed by atoms with E-state index in [1.807, 2.05) is 0 Å². The van der Waals surface area contributed by atoms with E-state index in [-0.39, 0.29) is 17.3 Å². The molecule has 18 heavy (non-hydrogen) atoms. The number of sulfonamides is 1. The van der Waals surface area contributed by atoms with Gasteiger partial charge in [0.25, 0.3) is 0 Å². The third-order valence-electron chi connectivity index (χ3n) is 2.08. The maximum atomic E-state index is 11.8. The van der Waals surface area contributed by atoms with Gasteiger partial charge in [-0.25, -0.2) is 8.42 Å². The Morgan fingerprint density at radius 3 is 2.72 bits per heavy atom. The predicted molar refractivity (Wildman–Crippen MR) is 64.1 cm³/mol. The summed E-state index contributed by atoms with van der Waals surface area (Å²) in [5.41, 5.74) is 5.50. The molecule has 0 aliphatic heterocycles. The van der Waals surface area contributed by atoms with Gasteiger partial charge >= 0.3 is 5.97 Å². The molecule has 0 aromatic carbocycles. The van der Waals surface area contributed by atoms with Crippen LogP contribution in [0.4, 0.5) is 5.82 Å². The zero-order valence-corrected chi connectivity index (χ0v) is 11.0. The zero-order chi connectivity index (χ0) is 13.8. The van der Waals surface area contributed by atoms with E-state index in [1.165, 1.54) is 10.9 Å². The molecule has 1 rings (SSSR count). The van der Waals surface area contributed by atoms with Gasteiger partial charge in [0.1, 0.15) is 11.4 Å². The molecule has 0 unspecified atom stereocenters. The third-order valence-corrected chi connectivity index (χ3v) is 3.50. The van der Waals surface area contributed by atoms with E-state index in [1.54, 1.807) is 13.8 Å². The van der Waals surface area contributed by atoms with Crippen molar-refractivity contribution in [1.29, 1.82) is 0 Å².